The molecule has 4 rings (SSSR count). The zero-order valence-corrected chi connectivity index (χ0v) is 84.0. The molecule has 1 aliphatic rings. The van der Waals surface area contributed by atoms with Gasteiger partial charge in [-0.1, -0.05) is 344 Å². The molecule has 1 fully saturated rings. The molecule has 19 nitrogen and oxygen atoms in total. The van der Waals surface area contributed by atoms with E-state index in [9.17, 15) is 28.4 Å². The van der Waals surface area contributed by atoms with E-state index >= 15 is 0 Å². The predicted molar refractivity (Wildman–Crippen MR) is 509 cm³/mol. The van der Waals surface area contributed by atoms with Gasteiger partial charge in [-0.3, -0.25) is 13.7 Å². The van der Waals surface area contributed by atoms with Crippen molar-refractivity contribution in [3.8, 4) is 0 Å². The summed E-state index contributed by atoms with van der Waals surface area (Å²) in [6.07, 6.45) is 64.0. The van der Waals surface area contributed by atoms with Gasteiger partial charge in [-0.2, -0.15) is 0 Å². The van der Waals surface area contributed by atoms with E-state index < -0.39 is 30.6 Å². The Morgan fingerprint density at radius 3 is 0.708 bits per heavy atom. The maximum atomic E-state index is 11.8. The van der Waals surface area contributed by atoms with E-state index in [-0.39, 0.29) is 58.0 Å². The number of phosphoric acid groups is 3. The van der Waals surface area contributed by atoms with Gasteiger partial charge < -0.3 is 74.6 Å². The van der Waals surface area contributed by atoms with Crippen molar-refractivity contribution < 1.29 is 88.3 Å². The molecule has 3 unspecified atom stereocenters. The number of aryl methyl sites for hydroxylation is 3. The summed E-state index contributed by atoms with van der Waals surface area (Å²) in [5.41, 5.74) is 5.22. The Balaban J connectivity index is 0.000000896. The Labute approximate surface area is 750 Å². The number of hydrogen-bond acceptors (Lipinski definition) is 16. The van der Waals surface area contributed by atoms with Gasteiger partial charge >= 0.3 is 14.2 Å². The summed E-state index contributed by atoms with van der Waals surface area (Å²) in [6, 6.07) is 25.3. The van der Waals surface area contributed by atoms with Crippen molar-refractivity contribution >= 4 is 71.2 Å². The van der Waals surface area contributed by atoms with Crippen LogP contribution in [0.25, 0.3) is 0 Å². The lowest BCUT2D eigenvalue weighted by molar-refractivity contribution is -0.870. The molecule has 0 amide bonds. The Kier molecular flexibility index (Phi) is 68.5. The minimum atomic E-state index is -4.16. The van der Waals surface area contributed by atoms with Crippen LogP contribution >= 0.6 is 46.1 Å². The molecular formula is C95H179B2IN3O16P3. The minimum absolute atomic E-state index is 0.156. The molecule has 2 N–H and O–H groups in total. The van der Waals surface area contributed by atoms with Crippen LogP contribution in [-0.4, -0.2) is 172 Å². The van der Waals surface area contributed by atoms with Gasteiger partial charge in [0, 0.05) is 3.57 Å². The van der Waals surface area contributed by atoms with E-state index in [0.29, 0.717) is 38.5 Å². The van der Waals surface area contributed by atoms with Crippen LogP contribution < -0.4 is 25.6 Å². The predicted octanol–water partition coefficient (Wildman–Crippen LogP) is 22.6. The van der Waals surface area contributed by atoms with E-state index in [2.05, 4.69) is 98.8 Å². The third-order valence-electron chi connectivity index (χ3n) is 22.6. The number of hydrogen-bond donors (Lipinski definition) is 2. The standard InChI is InChI=1S/C35H65BNO6P.C29H55BNO6P.C29H53INO4P.C2H6/c1-34(2)35(3,4)43-36(42-34)33-27-25-32(26-28-33)24-22-20-18-16-14-12-10-8-9-11-13-15-17-19-21-23-30-40-44(38,39)41-31-29-37(5,6)7;1-31(2,3)25-27-37-38(34,35)36-26-19-17-15-13-11-9-7-5-4-6-8-10-12-14-16-18-20-28-21-23-29(24-22-28)30(32)33;1-31(2,3)25-27-35-36(32,33)34-26-19-17-15-13-11-9-7-5-4-6-8-10-12-14-16-18-20-28-21-23-29(30)24-22-28;1-2/h25-28H,8-24,29-31H2,1-7H3;21-24,32-33H,4-20,25-27H2,1-3H3;21-24H,4-20,25-27H2,1-3H3;1-2H3. The third kappa shape index (κ3) is 70.5. The number of halogens is 1. The molecule has 120 heavy (non-hydrogen) atoms. The molecule has 0 spiro atoms. The Bertz CT molecular complexity index is 3000. The highest BCUT2D eigenvalue weighted by atomic mass is 127. The lowest BCUT2D eigenvalue weighted by Gasteiger charge is -2.32. The summed E-state index contributed by atoms with van der Waals surface area (Å²) < 4.78 is 80.5. The molecule has 0 saturated carbocycles. The molecule has 0 bridgehead atoms. The van der Waals surface area contributed by atoms with Gasteiger partial charge in [0.15, 0.2) is 0 Å². The number of nitrogens with zero attached hydrogens (tertiary/aromatic N) is 3. The molecule has 0 radical (unpaired) electrons. The Morgan fingerprint density at radius 2 is 0.500 bits per heavy atom. The van der Waals surface area contributed by atoms with Crippen molar-refractivity contribution in [3.05, 3.63) is 93.1 Å². The molecular weight excluding hydrogens is 1680 g/mol. The maximum Gasteiger partial charge on any atom is 0.494 e. The topological polar surface area (TPSA) is 235 Å². The molecule has 0 aliphatic carbocycles. The van der Waals surface area contributed by atoms with Crippen molar-refractivity contribution in [1.82, 2.24) is 0 Å². The number of benzene rings is 3. The number of rotatable bonds is 74. The second-order valence-corrected chi connectivity index (χ2v) is 43.2. The normalized spacial score (nSPS) is 14.9. The quantitative estimate of drug-likeness (QED) is 0.0176. The largest absolute Gasteiger partial charge is 0.756 e. The fourth-order valence-corrected chi connectivity index (χ4v) is 16.5. The van der Waals surface area contributed by atoms with Gasteiger partial charge in [0.2, 0.25) is 0 Å². The summed E-state index contributed by atoms with van der Waals surface area (Å²) in [7, 11) is 3.85. The molecule has 698 valence electrons. The zero-order valence-electron chi connectivity index (χ0n) is 79.2. The van der Waals surface area contributed by atoms with Crippen LogP contribution in [-0.2, 0) is 69.4 Å². The first kappa shape index (κ1) is 117. The van der Waals surface area contributed by atoms with Gasteiger partial charge in [0.05, 0.1) is 94.5 Å². The van der Waals surface area contributed by atoms with Gasteiger partial charge in [0.1, 0.15) is 39.5 Å². The van der Waals surface area contributed by atoms with Crippen LogP contribution in [0.5, 0.6) is 0 Å². The smallest absolute Gasteiger partial charge is 0.494 e. The molecule has 3 aromatic carbocycles. The van der Waals surface area contributed by atoms with E-state index in [1.54, 1.807) is 12.1 Å². The van der Waals surface area contributed by atoms with Crippen molar-refractivity contribution in [2.75, 3.05) is 123 Å². The van der Waals surface area contributed by atoms with Crippen LogP contribution in [0.2, 0.25) is 0 Å². The number of likely N-dealkylation sites (N-methyl/N-ethyl adjacent to an activating group) is 3. The molecule has 1 saturated heterocycles. The Hall–Kier alpha value is -1.43. The van der Waals surface area contributed by atoms with Gasteiger partial charge in [-0.15, -0.1) is 0 Å². The molecule has 3 atom stereocenters. The molecule has 3 aromatic rings. The summed E-state index contributed by atoms with van der Waals surface area (Å²) in [5, 5.41) is 18.3. The van der Waals surface area contributed by atoms with Gasteiger partial charge in [-0.25, -0.2) is 0 Å². The summed E-state index contributed by atoms with van der Waals surface area (Å²) in [6.45, 7) is 15.4. The zero-order chi connectivity index (χ0) is 89.2. The summed E-state index contributed by atoms with van der Waals surface area (Å²) >= 11 is 2.37. The van der Waals surface area contributed by atoms with Crippen molar-refractivity contribution in [2.24, 2.45) is 0 Å². The number of quaternary nitrogens is 3. The van der Waals surface area contributed by atoms with Crippen LogP contribution in [0, 0.1) is 3.57 Å². The lowest BCUT2D eigenvalue weighted by atomic mass is 9.78. The molecule has 1 aliphatic heterocycles. The van der Waals surface area contributed by atoms with Crippen molar-refractivity contribution in [1.29, 1.82) is 0 Å². The van der Waals surface area contributed by atoms with E-state index in [1.165, 1.54) is 277 Å². The highest BCUT2D eigenvalue weighted by Gasteiger charge is 2.51. The Morgan fingerprint density at radius 1 is 0.317 bits per heavy atom. The average Bonchev–Trinajstić information content (AvgIpc) is 1.63. The highest BCUT2D eigenvalue weighted by molar-refractivity contribution is 14.1. The fourth-order valence-electron chi connectivity index (χ4n) is 14.0. The van der Waals surface area contributed by atoms with Gasteiger partial charge in [0.25, 0.3) is 23.5 Å². The third-order valence-corrected chi connectivity index (χ3v) is 26.3. The van der Waals surface area contributed by atoms with Crippen molar-refractivity contribution in [3.63, 3.8) is 0 Å². The van der Waals surface area contributed by atoms with Crippen LogP contribution in [0.3, 0.4) is 0 Å². The second-order valence-electron chi connectivity index (χ2n) is 37.7. The molecule has 25 heteroatoms. The first-order chi connectivity index (χ1) is 57.0. The van der Waals surface area contributed by atoms with Crippen LogP contribution in [0.15, 0.2) is 72.8 Å². The molecule has 1 heterocycles. The van der Waals surface area contributed by atoms with E-state index in [4.69, 9.17) is 46.5 Å². The monoisotopic (exact) mass is 1860 g/mol. The van der Waals surface area contributed by atoms with Crippen molar-refractivity contribution in [2.45, 2.75) is 380 Å². The second kappa shape index (κ2) is 70.5. The SMILES string of the molecule is CC.CC1(C)OB(c2ccc(CCCCCCCCCCCCCCCCCCOP(=O)([O-])OCC[N+](C)(C)C)cc2)OC1(C)C.C[N+](C)(C)CCOP(=O)([O-])OCCCCCCCCCCCCCCCCCCc1ccc(B(O)O)cc1.C[N+](C)(C)CCOP(=O)([O-])OCCCCCCCCCCCCCCCCCCc1ccc(I)cc1. The average molecular weight is 1860 g/mol. The van der Waals surface area contributed by atoms with Crippen LogP contribution in [0.4, 0.5) is 0 Å². The number of phosphoric ester groups is 3. The lowest BCUT2D eigenvalue weighted by Crippen LogP contribution is -2.41. The summed E-state index contributed by atoms with van der Waals surface area (Å²) in [5.74, 6) is 0. The first-order valence-corrected chi connectivity index (χ1v) is 53.3. The van der Waals surface area contributed by atoms with Crippen LogP contribution in [0.1, 0.15) is 366 Å². The summed E-state index contributed by atoms with van der Waals surface area (Å²) in [4.78, 5) is 35.2. The maximum absolute atomic E-state index is 11.8. The highest BCUT2D eigenvalue weighted by Crippen LogP contribution is 2.41. The minimum Gasteiger partial charge on any atom is -0.756 e. The number of unbranched alkanes of at least 4 members (excludes halogenated alkanes) is 45. The molecule has 0 aromatic heterocycles. The fraction of sp³-hybridized carbons (Fsp3) is 0.811. The first-order valence-electron chi connectivity index (χ1n) is 47.8. The van der Waals surface area contributed by atoms with E-state index in [1.807, 2.05) is 89.4 Å². The van der Waals surface area contributed by atoms with E-state index in [0.717, 1.165) is 76.1 Å². The van der Waals surface area contributed by atoms with Gasteiger partial charge in [-0.05, 0) is 148 Å².